The van der Waals surface area contributed by atoms with Gasteiger partial charge in [0, 0.05) is 12.2 Å². The quantitative estimate of drug-likeness (QED) is 0.894. The van der Waals surface area contributed by atoms with Crippen LogP contribution in [0.4, 0.5) is 11.4 Å². The van der Waals surface area contributed by atoms with Crippen molar-refractivity contribution in [3.63, 3.8) is 0 Å². The first-order valence-electron chi connectivity index (χ1n) is 9.55. The molecule has 1 atom stereocenters. The van der Waals surface area contributed by atoms with E-state index < -0.39 is 6.04 Å². The van der Waals surface area contributed by atoms with E-state index in [-0.39, 0.29) is 24.3 Å². The van der Waals surface area contributed by atoms with E-state index in [4.69, 9.17) is 0 Å². The second-order valence-electron chi connectivity index (χ2n) is 7.41. The van der Waals surface area contributed by atoms with Gasteiger partial charge in [-0.05, 0) is 49.9 Å². The Morgan fingerprint density at radius 1 is 1.07 bits per heavy atom. The molecule has 6 heteroatoms. The Bertz CT molecular complexity index is 949. The lowest BCUT2D eigenvalue weighted by atomic mass is 10.1. The highest BCUT2D eigenvalue weighted by Crippen LogP contribution is 2.32. The summed E-state index contributed by atoms with van der Waals surface area (Å²) >= 11 is 0. The van der Waals surface area contributed by atoms with Crippen molar-refractivity contribution in [2.45, 2.75) is 32.7 Å². The Morgan fingerprint density at radius 3 is 2.54 bits per heavy atom. The molecule has 0 aliphatic carbocycles. The van der Waals surface area contributed by atoms with Crippen LogP contribution >= 0.6 is 0 Å². The number of para-hydroxylation sites is 2. The van der Waals surface area contributed by atoms with Crippen molar-refractivity contribution in [1.29, 1.82) is 0 Å². The number of rotatable bonds is 3. The average Bonchev–Trinajstić information content (AvgIpc) is 3.15. The molecule has 2 aromatic carbocycles. The molecule has 0 spiro atoms. The molecule has 0 saturated carbocycles. The number of amides is 3. The van der Waals surface area contributed by atoms with Gasteiger partial charge in [0.2, 0.25) is 11.8 Å². The first kappa shape index (κ1) is 18.2. The molecule has 0 aromatic heterocycles. The third-order valence-electron chi connectivity index (χ3n) is 5.54. The number of anilines is 2. The fourth-order valence-electron chi connectivity index (χ4n) is 4.11. The summed E-state index contributed by atoms with van der Waals surface area (Å²) in [6.07, 6.45) is 1.43. The summed E-state index contributed by atoms with van der Waals surface area (Å²) in [5, 5.41) is 2.94. The molecule has 1 N–H and O–H groups in total. The van der Waals surface area contributed by atoms with E-state index in [1.54, 1.807) is 29.2 Å². The van der Waals surface area contributed by atoms with Crippen LogP contribution in [0.1, 0.15) is 34.3 Å². The van der Waals surface area contributed by atoms with Crippen molar-refractivity contribution in [3.8, 4) is 0 Å². The van der Waals surface area contributed by atoms with E-state index in [9.17, 15) is 14.4 Å². The largest absolute Gasteiger partial charge is 0.327 e. The summed E-state index contributed by atoms with van der Waals surface area (Å²) in [5.74, 6) is -0.601. The maximum atomic E-state index is 13.2. The lowest BCUT2D eigenvalue weighted by Gasteiger charge is -2.25. The van der Waals surface area contributed by atoms with E-state index in [0.29, 0.717) is 24.2 Å². The number of hydrogen-bond acceptors (Lipinski definition) is 3. The number of aryl methyl sites for hydroxylation is 2. The summed E-state index contributed by atoms with van der Waals surface area (Å²) in [6, 6.07) is 12.3. The van der Waals surface area contributed by atoms with Gasteiger partial charge in [0.25, 0.3) is 5.91 Å². The monoisotopic (exact) mass is 377 g/mol. The molecule has 1 fully saturated rings. The highest BCUT2D eigenvalue weighted by Gasteiger charge is 2.42. The zero-order valence-corrected chi connectivity index (χ0v) is 16.1. The standard InChI is InChI=1S/C22H23N3O3/c1-14-7-5-8-15(2)20(14)23-19(26)13-25-17-10-4-3-9-16(17)21(27)24-12-6-11-18(24)22(25)28/h3-5,7-10,18H,6,11-13H2,1-2H3,(H,23,26)/t18-/m0/s1. The van der Waals surface area contributed by atoms with Crippen LogP contribution in [0.3, 0.4) is 0 Å². The first-order valence-corrected chi connectivity index (χ1v) is 9.55. The number of fused-ring (bicyclic) bond motifs is 2. The number of nitrogens with zero attached hydrogens (tertiary/aromatic N) is 2. The lowest BCUT2D eigenvalue weighted by Crippen LogP contribution is -2.47. The normalized spacial score (nSPS) is 18.6. The van der Waals surface area contributed by atoms with Gasteiger partial charge in [-0.15, -0.1) is 0 Å². The molecule has 0 radical (unpaired) electrons. The molecule has 2 aliphatic heterocycles. The van der Waals surface area contributed by atoms with Crippen LogP contribution in [-0.2, 0) is 9.59 Å². The molecule has 0 unspecified atom stereocenters. The molecular weight excluding hydrogens is 354 g/mol. The second-order valence-corrected chi connectivity index (χ2v) is 7.41. The Balaban J connectivity index is 1.66. The van der Waals surface area contributed by atoms with Gasteiger partial charge in [-0.2, -0.15) is 0 Å². The summed E-state index contributed by atoms with van der Waals surface area (Å²) in [6.45, 7) is 4.32. The highest BCUT2D eigenvalue weighted by atomic mass is 16.2. The van der Waals surface area contributed by atoms with E-state index in [2.05, 4.69) is 5.32 Å². The van der Waals surface area contributed by atoms with Gasteiger partial charge < -0.3 is 15.1 Å². The van der Waals surface area contributed by atoms with Crippen molar-refractivity contribution in [1.82, 2.24) is 4.90 Å². The molecule has 6 nitrogen and oxygen atoms in total. The molecule has 2 heterocycles. The van der Waals surface area contributed by atoms with Gasteiger partial charge in [0.1, 0.15) is 12.6 Å². The van der Waals surface area contributed by atoms with Gasteiger partial charge in [-0.1, -0.05) is 30.3 Å². The average molecular weight is 377 g/mol. The summed E-state index contributed by atoms with van der Waals surface area (Å²) in [5.41, 5.74) is 3.67. The summed E-state index contributed by atoms with van der Waals surface area (Å²) < 4.78 is 0. The molecule has 1 saturated heterocycles. The minimum atomic E-state index is -0.493. The van der Waals surface area contributed by atoms with E-state index in [0.717, 1.165) is 23.2 Å². The van der Waals surface area contributed by atoms with Gasteiger partial charge in [0.05, 0.1) is 11.3 Å². The topological polar surface area (TPSA) is 69.7 Å². The van der Waals surface area contributed by atoms with Crippen LogP contribution in [0, 0.1) is 13.8 Å². The molecule has 2 aliphatic rings. The summed E-state index contributed by atoms with van der Waals surface area (Å²) in [4.78, 5) is 42.1. The van der Waals surface area contributed by atoms with Crippen LogP contribution in [-0.4, -0.2) is 41.8 Å². The maximum absolute atomic E-state index is 13.2. The number of carbonyl (C=O) groups is 3. The fourth-order valence-corrected chi connectivity index (χ4v) is 4.11. The maximum Gasteiger partial charge on any atom is 0.256 e. The molecule has 144 valence electrons. The van der Waals surface area contributed by atoms with Crippen molar-refractivity contribution in [2.75, 3.05) is 23.3 Å². The van der Waals surface area contributed by atoms with Crippen LogP contribution in [0.2, 0.25) is 0 Å². The SMILES string of the molecule is Cc1cccc(C)c1NC(=O)CN1C(=O)[C@@H]2CCCN2C(=O)c2ccccc21. The van der Waals surface area contributed by atoms with Crippen LogP contribution in [0.25, 0.3) is 0 Å². The van der Waals surface area contributed by atoms with E-state index >= 15 is 0 Å². The van der Waals surface area contributed by atoms with Crippen LogP contribution in [0.5, 0.6) is 0 Å². The van der Waals surface area contributed by atoms with Gasteiger partial charge in [-0.3, -0.25) is 14.4 Å². The first-order chi connectivity index (χ1) is 13.5. The minimum Gasteiger partial charge on any atom is -0.327 e. The Hall–Kier alpha value is -3.15. The number of hydrogen-bond donors (Lipinski definition) is 1. The third-order valence-corrected chi connectivity index (χ3v) is 5.54. The van der Waals surface area contributed by atoms with Gasteiger partial charge in [0.15, 0.2) is 0 Å². The highest BCUT2D eigenvalue weighted by molar-refractivity contribution is 6.13. The third kappa shape index (κ3) is 3.05. The van der Waals surface area contributed by atoms with Crippen LogP contribution < -0.4 is 10.2 Å². The van der Waals surface area contributed by atoms with Crippen molar-refractivity contribution >= 4 is 29.1 Å². The fraction of sp³-hybridized carbons (Fsp3) is 0.318. The van der Waals surface area contributed by atoms with Crippen molar-refractivity contribution < 1.29 is 14.4 Å². The zero-order chi connectivity index (χ0) is 19.8. The number of nitrogens with one attached hydrogen (secondary N) is 1. The molecule has 0 bridgehead atoms. The minimum absolute atomic E-state index is 0.124. The predicted molar refractivity (Wildman–Crippen MR) is 107 cm³/mol. The number of carbonyl (C=O) groups excluding carboxylic acids is 3. The molecule has 3 amide bonds. The van der Waals surface area contributed by atoms with Gasteiger partial charge in [-0.25, -0.2) is 0 Å². The Morgan fingerprint density at radius 2 is 1.79 bits per heavy atom. The van der Waals surface area contributed by atoms with E-state index in [1.807, 2.05) is 32.0 Å². The van der Waals surface area contributed by atoms with Crippen LogP contribution in [0.15, 0.2) is 42.5 Å². The van der Waals surface area contributed by atoms with E-state index in [1.165, 1.54) is 4.90 Å². The van der Waals surface area contributed by atoms with Crippen molar-refractivity contribution in [3.05, 3.63) is 59.2 Å². The second kappa shape index (κ2) is 7.11. The Labute approximate surface area is 164 Å². The van der Waals surface area contributed by atoms with Gasteiger partial charge >= 0.3 is 0 Å². The lowest BCUT2D eigenvalue weighted by molar-refractivity contribution is -0.124. The Kier molecular flexibility index (Phi) is 4.63. The summed E-state index contributed by atoms with van der Waals surface area (Å²) in [7, 11) is 0. The molecular formula is C22H23N3O3. The predicted octanol–water partition coefficient (Wildman–Crippen LogP) is 2.89. The molecule has 28 heavy (non-hydrogen) atoms. The molecule has 4 rings (SSSR count). The van der Waals surface area contributed by atoms with Crippen molar-refractivity contribution in [2.24, 2.45) is 0 Å². The molecule has 2 aromatic rings. The number of benzene rings is 2. The zero-order valence-electron chi connectivity index (χ0n) is 16.1. The smallest absolute Gasteiger partial charge is 0.256 e.